The fourth-order valence-electron chi connectivity index (χ4n) is 1.23. The van der Waals surface area contributed by atoms with Crippen LogP contribution in [-0.4, -0.2) is 9.55 Å². The van der Waals surface area contributed by atoms with Crippen LogP contribution in [0.15, 0.2) is 12.5 Å². The summed E-state index contributed by atoms with van der Waals surface area (Å²) in [5.41, 5.74) is 1.05. The maximum absolute atomic E-state index is 8.47. The molecule has 1 fully saturated rings. The summed E-state index contributed by atoms with van der Waals surface area (Å²) in [7, 11) is 0. The van der Waals surface area contributed by atoms with Crippen LogP contribution in [-0.2, 0) is 6.42 Å². The first-order valence-corrected chi connectivity index (χ1v) is 3.79. The number of imidazole rings is 1. The lowest BCUT2D eigenvalue weighted by molar-refractivity contribution is 0.708. The van der Waals surface area contributed by atoms with Crippen LogP contribution in [0, 0.1) is 11.3 Å². The molecule has 1 saturated carbocycles. The first-order chi connectivity index (χ1) is 5.42. The third-order valence-corrected chi connectivity index (χ3v) is 1.95. The molecule has 2 rings (SSSR count). The van der Waals surface area contributed by atoms with E-state index in [2.05, 4.69) is 15.6 Å². The molecule has 0 aromatic carbocycles. The molecular formula is C8H9N3. The van der Waals surface area contributed by atoms with Crippen LogP contribution >= 0.6 is 0 Å². The molecule has 56 valence electrons. The summed E-state index contributed by atoms with van der Waals surface area (Å²) in [6.07, 6.45) is 6.58. The van der Waals surface area contributed by atoms with Crippen molar-refractivity contribution in [2.24, 2.45) is 0 Å². The summed E-state index contributed by atoms with van der Waals surface area (Å²) < 4.78 is 2.11. The highest BCUT2D eigenvalue weighted by Gasteiger charge is 2.24. The molecule has 0 amide bonds. The second-order valence-corrected chi connectivity index (χ2v) is 2.86. The summed E-state index contributed by atoms with van der Waals surface area (Å²) in [5, 5.41) is 8.47. The minimum Gasteiger partial charge on any atom is -0.331 e. The van der Waals surface area contributed by atoms with Gasteiger partial charge in [0.05, 0.1) is 24.5 Å². The Hall–Kier alpha value is -1.30. The Morgan fingerprint density at radius 3 is 3.18 bits per heavy atom. The Balaban J connectivity index is 2.24. The molecule has 1 aromatic heterocycles. The summed E-state index contributed by atoms with van der Waals surface area (Å²) >= 11 is 0. The van der Waals surface area contributed by atoms with Gasteiger partial charge in [0.25, 0.3) is 0 Å². The van der Waals surface area contributed by atoms with Gasteiger partial charge < -0.3 is 4.57 Å². The Kier molecular flexibility index (Phi) is 1.39. The summed E-state index contributed by atoms with van der Waals surface area (Å²) in [4.78, 5) is 4.01. The van der Waals surface area contributed by atoms with Gasteiger partial charge in [0.15, 0.2) is 0 Å². The lowest BCUT2D eigenvalue weighted by Gasteiger charge is -2.00. The van der Waals surface area contributed by atoms with Crippen LogP contribution in [0.25, 0.3) is 0 Å². The van der Waals surface area contributed by atoms with Gasteiger partial charge in [-0.3, -0.25) is 0 Å². The van der Waals surface area contributed by atoms with E-state index in [4.69, 9.17) is 5.26 Å². The molecule has 0 spiro atoms. The number of rotatable bonds is 2. The molecule has 0 saturated heterocycles. The van der Waals surface area contributed by atoms with Gasteiger partial charge in [-0.25, -0.2) is 4.98 Å². The monoisotopic (exact) mass is 147 g/mol. The van der Waals surface area contributed by atoms with Crippen molar-refractivity contribution in [3.05, 3.63) is 18.2 Å². The predicted octanol–water partition coefficient (Wildman–Crippen LogP) is 1.28. The second-order valence-electron chi connectivity index (χ2n) is 2.86. The predicted molar refractivity (Wildman–Crippen MR) is 39.8 cm³/mol. The number of aromatic nitrogens is 2. The minimum atomic E-state index is 0.483. The van der Waals surface area contributed by atoms with Crippen molar-refractivity contribution in [2.75, 3.05) is 0 Å². The lowest BCUT2D eigenvalue weighted by atomic mass is 10.3. The molecule has 0 atom stereocenters. The van der Waals surface area contributed by atoms with E-state index in [1.165, 1.54) is 12.8 Å². The zero-order valence-electron chi connectivity index (χ0n) is 6.20. The topological polar surface area (TPSA) is 41.6 Å². The quantitative estimate of drug-likeness (QED) is 0.632. The Morgan fingerprint density at radius 2 is 2.55 bits per heavy atom. The van der Waals surface area contributed by atoms with Crippen LogP contribution in [0.1, 0.15) is 24.6 Å². The van der Waals surface area contributed by atoms with E-state index in [0.29, 0.717) is 12.5 Å². The molecule has 11 heavy (non-hydrogen) atoms. The smallest absolute Gasteiger partial charge is 0.0951 e. The molecule has 1 heterocycles. The van der Waals surface area contributed by atoms with E-state index in [0.717, 1.165) is 5.69 Å². The zero-order chi connectivity index (χ0) is 7.68. The number of hydrogen-bond donors (Lipinski definition) is 0. The van der Waals surface area contributed by atoms with Crippen LogP contribution in [0.2, 0.25) is 0 Å². The fraction of sp³-hybridized carbons (Fsp3) is 0.500. The van der Waals surface area contributed by atoms with Gasteiger partial charge in [-0.2, -0.15) is 5.26 Å². The molecule has 1 aromatic rings. The Labute approximate surface area is 65.3 Å². The van der Waals surface area contributed by atoms with Crippen molar-refractivity contribution in [2.45, 2.75) is 25.3 Å². The van der Waals surface area contributed by atoms with E-state index in [9.17, 15) is 0 Å². The van der Waals surface area contributed by atoms with Crippen molar-refractivity contribution in [3.8, 4) is 6.07 Å². The first-order valence-electron chi connectivity index (χ1n) is 3.79. The Morgan fingerprint density at radius 1 is 1.73 bits per heavy atom. The third kappa shape index (κ3) is 1.12. The first kappa shape index (κ1) is 6.41. The Bertz CT molecular complexity index is 291. The van der Waals surface area contributed by atoms with Gasteiger partial charge in [0, 0.05) is 12.2 Å². The molecule has 3 heteroatoms. The summed E-state index contributed by atoms with van der Waals surface area (Å²) in [6.45, 7) is 0. The molecule has 0 radical (unpaired) electrons. The average Bonchev–Trinajstić information content (AvgIpc) is 2.75. The number of hydrogen-bond acceptors (Lipinski definition) is 2. The van der Waals surface area contributed by atoms with E-state index in [1.807, 2.05) is 6.33 Å². The van der Waals surface area contributed by atoms with E-state index >= 15 is 0 Å². The minimum absolute atomic E-state index is 0.483. The summed E-state index contributed by atoms with van der Waals surface area (Å²) in [6, 6.07) is 2.77. The van der Waals surface area contributed by atoms with Gasteiger partial charge >= 0.3 is 0 Å². The molecule has 0 aliphatic heterocycles. The van der Waals surface area contributed by atoms with Crippen LogP contribution in [0.3, 0.4) is 0 Å². The lowest BCUT2D eigenvalue weighted by Crippen LogP contribution is -1.97. The van der Waals surface area contributed by atoms with Crippen molar-refractivity contribution in [1.29, 1.82) is 5.26 Å². The molecule has 1 aliphatic carbocycles. The van der Waals surface area contributed by atoms with E-state index in [-0.39, 0.29) is 0 Å². The highest BCUT2D eigenvalue weighted by Crippen LogP contribution is 2.35. The largest absolute Gasteiger partial charge is 0.331 e. The summed E-state index contributed by atoms with van der Waals surface area (Å²) in [5.74, 6) is 0. The molecule has 0 unspecified atom stereocenters. The van der Waals surface area contributed by atoms with Crippen molar-refractivity contribution in [1.82, 2.24) is 9.55 Å². The van der Waals surface area contributed by atoms with E-state index in [1.54, 1.807) is 6.20 Å². The normalized spacial score (nSPS) is 16.3. The zero-order valence-corrected chi connectivity index (χ0v) is 6.20. The maximum Gasteiger partial charge on any atom is 0.0951 e. The standard InChI is InChI=1S/C8H9N3/c9-4-3-8-5-10-6-11(8)7-1-2-7/h5-7H,1-3H2. The highest BCUT2D eigenvalue weighted by atomic mass is 15.1. The molecule has 3 nitrogen and oxygen atoms in total. The van der Waals surface area contributed by atoms with Crippen LogP contribution in [0.5, 0.6) is 0 Å². The molecule has 0 bridgehead atoms. The van der Waals surface area contributed by atoms with Gasteiger partial charge in [-0.15, -0.1) is 0 Å². The van der Waals surface area contributed by atoms with Crippen molar-refractivity contribution in [3.63, 3.8) is 0 Å². The number of nitriles is 1. The second kappa shape index (κ2) is 2.39. The van der Waals surface area contributed by atoms with Crippen LogP contribution in [0.4, 0.5) is 0 Å². The van der Waals surface area contributed by atoms with Crippen molar-refractivity contribution >= 4 is 0 Å². The average molecular weight is 147 g/mol. The fourth-order valence-corrected chi connectivity index (χ4v) is 1.23. The molecule has 0 N–H and O–H groups in total. The van der Waals surface area contributed by atoms with Gasteiger partial charge in [0.2, 0.25) is 0 Å². The van der Waals surface area contributed by atoms with E-state index < -0.39 is 0 Å². The number of nitrogens with zero attached hydrogens (tertiary/aromatic N) is 3. The maximum atomic E-state index is 8.47. The SMILES string of the molecule is N#CCc1cncn1C1CC1. The van der Waals surface area contributed by atoms with Crippen LogP contribution < -0.4 is 0 Å². The van der Waals surface area contributed by atoms with Gasteiger partial charge in [-0.05, 0) is 12.8 Å². The molecule has 1 aliphatic rings. The van der Waals surface area contributed by atoms with Gasteiger partial charge in [-0.1, -0.05) is 0 Å². The third-order valence-electron chi connectivity index (χ3n) is 1.95. The van der Waals surface area contributed by atoms with Crippen molar-refractivity contribution < 1.29 is 0 Å². The highest BCUT2D eigenvalue weighted by molar-refractivity contribution is 5.08. The molecular weight excluding hydrogens is 138 g/mol. The van der Waals surface area contributed by atoms with Gasteiger partial charge in [0.1, 0.15) is 0 Å².